The highest BCUT2D eigenvalue weighted by Gasteiger charge is 2.17. The third-order valence-electron chi connectivity index (χ3n) is 4.20. The molecular weight excluding hydrogens is 342 g/mol. The molecule has 5 nitrogen and oxygen atoms in total. The molecule has 0 bridgehead atoms. The van der Waals surface area contributed by atoms with E-state index in [9.17, 15) is 9.59 Å². The minimum Gasteiger partial charge on any atom is -0.497 e. The SMILES string of the molecule is COC(=O)c1ccc(/C=C/C(=O)N[C@H](c2ccc(OC)cc2)C(C)C)cc1. The van der Waals surface area contributed by atoms with Crippen LogP contribution < -0.4 is 10.1 Å². The fraction of sp³-hybridized carbons (Fsp3) is 0.273. The summed E-state index contributed by atoms with van der Waals surface area (Å²) in [6.45, 7) is 4.12. The van der Waals surface area contributed by atoms with Crippen molar-refractivity contribution in [1.82, 2.24) is 5.32 Å². The van der Waals surface area contributed by atoms with Gasteiger partial charge in [-0.2, -0.15) is 0 Å². The van der Waals surface area contributed by atoms with E-state index in [2.05, 4.69) is 23.9 Å². The second-order valence-corrected chi connectivity index (χ2v) is 6.45. The van der Waals surface area contributed by atoms with Crippen LogP contribution in [0.4, 0.5) is 0 Å². The molecule has 0 fully saturated rings. The average molecular weight is 367 g/mol. The smallest absolute Gasteiger partial charge is 0.337 e. The Kier molecular flexibility index (Phi) is 7.17. The molecule has 1 N–H and O–H groups in total. The maximum Gasteiger partial charge on any atom is 0.337 e. The van der Waals surface area contributed by atoms with E-state index >= 15 is 0 Å². The molecule has 142 valence electrons. The first-order valence-corrected chi connectivity index (χ1v) is 8.75. The summed E-state index contributed by atoms with van der Waals surface area (Å²) in [5.74, 6) is 0.446. The lowest BCUT2D eigenvalue weighted by atomic mass is 9.96. The third kappa shape index (κ3) is 5.71. The second-order valence-electron chi connectivity index (χ2n) is 6.45. The lowest BCUT2D eigenvalue weighted by Gasteiger charge is -2.22. The van der Waals surface area contributed by atoms with Gasteiger partial charge in [-0.15, -0.1) is 0 Å². The summed E-state index contributed by atoms with van der Waals surface area (Å²) >= 11 is 0. The van der Waals surface area contributed by atoms with Gasteiger partial charge in [0.05, 0.1) is 25.8 Å². The molecule has 2 aromatic carbocycles. The number of hydrogen-bond donors (Lipinski definition) is 1. The highest BCUT2D eigenvalue weighted by Crippen LogP contribution is 2.24. The zero-order valence-corrected chi connectivity index (χ0v) is 16.1. The lowest BCUT2D eigenvalue weighted by Crippen LogP contribution is -2.30. The van der Waals surface area contributed by atoms with E-state index < -0.39 is 0 Å². The van der Waals surface area contributed by atoms with Crippen molar-refractivity contribution in [3.63, 3.8) is 0 Å². The van der Waals surface area contributed by atoms with E-state index in [0.717, 1.165) is 16.9 Å². The summed E-state index contributed by atoms with van der Waals surface area (Å²) in [4.78, 5) is 23.8. The number of benzene rings is 2. The van der Waals surface area contributed by atoms with Crippen molar-refractivity contribution >= 4 is 18.0 Å². The number of amides is 1. The highest BCUT2D eigenvalue weighted by atomic mass is 16.5. The molecule has 0 aliphatic rings. The van der Waals surface area contributed by atoms with Gasteiger partial charge in [-0.25, -0.2) is 4.79 Å². The first-order chi connectivity index (χ1) is 12.9. The largest absolute Gasteiger partial charge is 0.497 e. The van der Waals surface area contributed by atoms with Gasteiger partial charge in [0.15, 0.2) is 0 Å². The fourth-order valence-electron chi connectivity index (χ4n) is 2.67. The van der Waals surface area contributed by atoms with Gasteiger partial charge in [0.25, 0.3) is 0 Å². The Hall–Kier alpha value is -3.08. The highest BCUT2D eigenvalue weighted by molar-refractivity contribution is 5.92. The Morgan fingerprint density at radius 2 is 1.59 bits per heavy atom. The molecule has 5 heteroatoms. The van der Waals surface area contributed by atoms with Crippen LogP contribution in [0.3, 0.4) is 0 Å². The second kappa shape index (κ2) is 9.57. The van der Waals surface area contributed by atoms with Crippen LogP contribution >= 0.6 is 0 Å². The predicted octanol–water partition coefficient (Wildman–Crippen LogP) is 4.01. The topological polar surface area (TPSA) is 64.6 Å². The first-order valence-electron chi connectivity index (χ1n) is 8.75. The summed E-state index contributed by atoms with van der Waals surface area (Å²) < 4.78 is 9.85. The molecule has 0 heterocycles. The molecule has 0 unspecified atom stereocenters. The summed E-state index contributed by atoms with van der Waals surface area (Å²) in [6.07, 6.45) is 3.20. The quantitative estimate of drug-likeness (QED) is 0.593. The predicted molar refractivity (Wildman–Crippen MR) is 106 cm³/mol. The average Bonchev–Trinajstić information content (AvgIpc) is 2.70. The Bertz CT molecular complexity index is 792. The van der Waals surface area contributed by atoms with Crippen molar-refractivity contribution in [2.75, 3.05) is 14.2 Å². The van der Waals surface area contributed by atoms with Crippen LogP contribution in [-0.4, -0.2) is 26.1 Å². The van der Waals surface area contributed by atoms with Crippen LogP contribution in [0.5, 0.6) is 5.75 Å². The Balaban J connectivity index is 2.04. The van der Waals surface area contributed by atoms with Gasteiger partial charge in [-0.1, -0.05) is 38.1 Å². The number of nitrogens with one attached hydrogen (secondary N) is 1. The molecule has 0 saturated heterocycles. The van der Waals surface area contributed by atoms with Gasteiger partial charge in [0.2, 0.25) is 5.91 Å². The molecule has 0 aliphatic heterocycles. The first kappa shape index (κ1) is 20.2. The molecule has 1 atom stereocenters. The molecule has 2 rings (SSSR count). The van der Waals surface area contributed by atoms with Crippen molar-refractivity contribution in [3.8, 4) is 5.75 Å². The van der Waals surface area contributed by atoms with E-state index in [1.807, 2.05) is 24.3 Å². The maximum atomic E-state index is 12.4. The van der Waals surface area contributed by atoms with Crippen LogP contribution in [-0.2, 0) is 9.53 Å². The molecule has 0 radical (unpaired) electrons. The number of ether oxygens (including phenoxy) is 2. The van der Waals surface area contributed by atoms with Crippen LogP contribution in [0, 0.1) is 5.92 Å². The maximum absolute atomic E-state index is 12.4. The third-order valence-corrected chi connectivity index (χ3v) is 4.20. The summed E-state index contributed by atoms with van der Waals surface area (Å²) in [5, 5.41) is 3.04. The van der Waals surface area contributed by atoms with Crippen LogP contribution in [0.1, 0.15) is 41.4 Å². The lowest BCUT2D eigenvalue weighted by molar-refractivity contribution is -0.117. The fourth-order valence-corrected chi connectivity index (χ4v) is 2.67. The Morgan fingerprint density at radius 3 is 2.11 bits per heavy atom. The van der Waals surface area contributed by atoms with E-state index in [1.54, 1.807) is 37.5 Å². The molecular formula is C22H25NO4. The number of hydrogen-bond acceptors (Lipinski definition) is 4. The zero-order valence-electron chi connectivity index (χ0n) is 16.1. The summed E-state index contributed by atoms with van der Waals surface area (Å²) in [6, 6.07) is 14.4. The van der Waals surface area contributed by atoms with Crippen molar-refractivity contribution < 1.29 is 19.1 Å². The van der Waals surface area contributed by atoms with E-state index in [-0.39, 0.29) is 23.8 Å². The van der Waals surface area contributed by atoms with Crippen molar-refractivity contribution in [3.05, 3.63) is 71.3 Å². The van der Waals surface area contributed by atoms with Crippen molar-refractivity contribution in [1.29, 1.82) is 0 Å². The van der Waals surface area contributed by atoms with Gasteiger partial charge in [-0.05, 0) is 47.4 Å². The van der Waals surface area contributed by atoms with E-state index in [0.29, 0.717) is 5.56 Å². The van der Waals surface area contributed by atoms with Gasteiger partial charge >= 0.3 is 5.97 Å². The summed E-state index contributed by atoms with van der Waals surface area (Å²) in [7, 11) is 2.97. The Labute approximate surface area is 160 Å². The zero-order chi connectivity index (χ0) is 19.8. The van der Waals surface area contributed by atoms with Crippen molar-refractivity contribution in [2.45, 2.75) is 19.9 Å². The summed E-state index contributed by atoms with van der Waals surface area (Å²) in [5.41, 5.74) is 2.32. The molecule has 0 aromatic heterocycles. The monoisotopic (exact) mass is 367 g/mol. The number of rotatable bonds is 7. The van der Waals surface area contributed by atoms with Crippen LogP contribution in [0.2, 0.25) is 0 Å². The molecule has 27 heavy (non-hydrogen) atoms. The molecule has 2 aromatic rings. The number of carbonyl (C=O) groups excluding carboxylic acids is 2. The molecule has 0 saturated carbocycles. The number of carbonyl (C=O) groups is 2. The van der Waals surface area contributed by atoms with Gasteiger partial charge in [-0.3, -0.25) is 4.79 Å². The van der Waals surface area contributed by atoms with Crippen LogP contribution in [0.15, 0.2) is 54.6 Å². The molecule has 1 amide bonds. The normalized spacial score (nSPS) is 12.0. The number of esters is 1. The number of methoxy groups -OCH3 is 2. The van der Waals surface area contributed by atoms with E-state index in [4.69, 9.17) is 4.74 Å². The van der Waals surface area contributed by atoms with Crippen LogP contribution in [0.25, 0.3) is 6.08 Å². The minimum absolute atomic E-state index is 0.102. The molecule has 0 spiro atoms. The molecule has 0 aliphatic carbocycles. The van der Waals surface area contributed by atoms with E-state index in [1.165, 1.54) is 13.2 Å². The van der Waals surface area contributed by atoms with Crippen molar-refractivity contribution in [2.24, 2.45) is 5.92 Å². The van der Waals surface area contributed by atoms with Gasteiger partial charge < -0.3 is 14.8 Å². The minimum atomic E-state index is -0.387. The van der Waals surface area contributed by atoms with Gasteiger partial charge in [0, 0.05) is 6.08 Å². The standard InChI is InChI=1S/C22H25NO4/c1-15(2)21(17-10-12-19(26-3)13-11-17)23-20(24)14-7-16-5-8-18(9-6-16)22(25)27-4/h5-15,21H,1-4H3,(H,23,24)/b14-7+/t21-/m0/s1. The Morgan fingerprint density at radius 1 is 0.963 bits per heavy atom. The van der Waals surface area contributed by atoms with Gasteiger partial charge in [0.1, 0.15) is 5.75 Å².